The van der Waals surface area contributed by atoms with Gasteiger partial charge in [0.2, 0.25) is 0 Å². The van der Waals surface area contributed by atoms with Crippen molar-refractivity contribution in [2.24, 2.45) is 0 Å². The van der Waals surface area contributed by atoms with Crippen molar-refractivity contribution in [2.45, 2.75) is 19.8 Å². The third-order valence-electron chi connectivity index (χ3n) is 3.07. The predicted molar refractivity (Wildman–Crippen MR) is 72.5 cm³/mol. The van der Waals surface area contributed by atoms with Crippen LogP contribution in [0.1, 0.15) is 18.9 Å². The van der Waals surface area contributed by atoms with Crippen molar-refractivity contribution in [3.8, 4) is 0 Å². The minimum atomic E-state index is 0.976. The van der Waals surface area contributed by atoms with Gasteiger partial charge in [0.25, 0.3) is 0 Å². The number of hydrogen-bond acceptors (Lipinski definition) is 3. The molecule has 1 aliphatic rings. The van der Waals surface area contributed by atoms with Crippen LogP contribution in [0.15, 0.2) is 30.6 Å². The molecule has 2 heterocycles. The highest BCUT2D eigenvalue weighted by molar-refractivity contribution is 5.46. The number of allylic oxidation sites excluding steroid dienone is 2. The van der Waals surface area contributed by atoms with E-state index in [1.807, 2.05) is 12.4 Å². The van der Waals surface area contributed by atoms with E-state index >= 15 is 0 Å². The quantitative estimate of drug-likeness (QED) is 0.806. The molecule has 1 aromatic rings. The fourth-order valence-electron chi connectivity index (χ4n) is 2.12. The first-order valence-corrected chi connectivity index (χ1v) is 6.41. The van der Waals surface area contributed by atoms with Gasteiger partial charge in [-0.1, -0.05) is 12.2 Å². The summed E-state index contributed by atoms with van der Waals surface area (Å²) in [5, 5.41) is 3.42. The smallest absolute Gasteiger partial charge is 0.0556 e. The average molecular weight is 231 g/mol. The number of rotatable bonds is 3. The average Bonchev–Trinajstić information content (AvgIpc) is 2.65. The molecule has 1 N–H and O–H groups in total. The van der Waals surface area contributed by atoms with Crippen LogP contribution < -0.4 is 10.2 Å². The Bertz CT molecular complexity index is 365. The summed E-state index contributed by atoms with van der Waals surface area (Å²) in [5.74, 6) is 0. The van der Waals surface area contributed by atoms with Gasteiger partial charge in [-0.3, -0.25) is 4.98 Å². The van der Waals surface area contributed by atoms with Crippen LogP contribution >= 0.6 is 0 Å². The van der Waals surface area contributed by atoms with Crippen LogP contribution in [-0.2, 0) is 6.42 Å². The van der Waals surface area contributed by atoms with Gasteiger partial charge in [0.05, 0.1) is 11.9 Å². The van der Waals surface area contributed by atoms with Gasteiger partial charge in [-0.2, -0.15) is 0 Å². The maximum absolute atomic E-state index is 4.35. The Labute approximate surface area is 104 Å². The first-order chi connectivity index (χ1) is 8.40. The molecular formula is C14H21N3. The molecule has 92 valence electrons. The molecule has 1 aliphatic heterocycles. The van der Waals surface area contributed by atoms with Crippen LogP contribution in [0.5, 0.6) is 0 Å². The van der Waals surface area contributed by atoms with E-state index in [9.17, 15) is 0 Å². The van der Waals surface area contributed by atoms with Gasteiger partial charge in [0.15, 0.2) is 0 Å². The highest BCUT2D eigenvalue weighted by atomic mass is 15.2. The number of hydrogen-bond donors (Lipinski definition) is 1. The first-order valence-electron chi connectivity index (χ1n) is 6.41. The lowest BCUT2D eigenvalue weighted by Gasteiger charge is -2.22. The minimum Gasteiger partial charge on any atom is -0.369 e. The van der Waals surface area contributed by atoms with Gasteiger partial charge in [0.1, 0.15) is 0 Å². The van der Waals surface area contributed by atoms with Crippen molar-refractivity contribution in [1.29, 1.82) is 0 Å². The van der Waals surface area contributed by atoms with Gasteiger partial charge in [0, 0.05) is 25.8 Å². The molecule has 0 aliphatic carbocycles. The summed E-state index contributed by atoms with van der Waals surface area (Å²) >= 11 is 0. The third-order valence-corrected chi connectivity index (χ3v) is 3.07. The highest BCUT2D eigenvalue weighted by Crippen LogP contribution is 2.16. The van der Waals surface area contributed by atoms with Crippen LogP contribution in [0.2, 0.25) is 0 Å². The molecule has 0 spiro atoms. The molecule has 3 nitrogen and oxygen atoms in total. The van der Waals surface area contributed by atoms with Crippen LogP contribution in [0.3, 0.4) is 0 Å². The fraction of sp³-hybridized carbons (Fsp3) is 0.500. The number of nitrogens with zero attached hydrogens (tertiary/aromatic N) is 2. The molecule has 0 unspecified atom stereocenters. The molecule has 1 aromatic heterocycles. The van der Waals surface area contributed by atoms with E-state index in [4.69, 9.17) is 0 Å². The molecule has 0 aromatic carbocycles. The van der Waals surface area contributed by atoms with E-state index in [0.29, 0.717) is 0 Å². The van der Waals surface area contributed by atoms with Crippen LogP contribution in [0, 0.1) is 0 Å². The lowest BCUT2D eigenvalue weighted by atomic mass is 10.2. The summed E-state index contributed by atoms with van der Waals surface area (Å²) in [5.41, 5.74) is 2.55. The Morgan fingerprint density at radius 1 is 1.35 bits per heavy atom. The van der Waals surface area contributed by atoms with E-state index in [0.717, 1.165) is 32.6 Å². The normalized spacial score (nSPS) is 17.4. The van der Waals surface area contributed by atoms with Gasteiger partial charge in [-0.15, -0.1) is 0 Å². The number of pyridine rings is 1. The Balaban J connectivity index is 2.08. The Morgan fingerprint density at radius 3 is 3.18 bits per heavy atom. The topological polar surface area (TPSA) is 28.2 Å². The summed E-state index contributed by atoms with van der Waals surface area (Å²) in [6, 6.07) is 2.26. The van der Waals surface area contributed by atoms with Crippen molar-refractivity contribution >= 4 is 5.69 Å². The van der Waals surface area contributed by atoms with Crippen molar-refractivity contribution in [2.75, 3.05) is 31.1 Å². The molecule has 1 saturated heterocycles. The second-order valence-electron chi connectivity index (χ2n) is 4.42. The molecule has 0 radical (unpaired) electrons. The summed E-state index contributed by atoms with van der Waals surface area (Å²) in [4.78, 5) is 6.77. The van der Waals surface area contributed by atoms with Crippen molar-refractivity contribution in [3.63, 3.8) is 0 Å². The van der Waals surface area contributed by atoms with E-state index in [1.54, 1.807) is 0 Å². The summed E-state index contributed by atoms with van der Waals surface area (Å²) in [6.45, 7) is 6.45. The van der Waals surface area contributed by atoms with E-state index in [-0.39, 0.29) is 0 Å². The van der Waals surface area contributed by atoms with Crippen LogP contribution in [0.4, 0.5) is 5.69 Å². The van der Waals surface area contributed by atoms with Gasteiger partial charge in [-0.05, 0) is 37.9 Å². The van der Waals surface area contributed by atoms with Crippen LogP contribution in [0.25, 0.3) is 0 Å². The summed E-state index contributed by atoms with van der Waals surface area (Å²) in [7, 11) is 0. The second-order valence-corrected chi connectivity index (χ2v) is 4.42. The number of anilines is 1. The van der Waals surface area contributed by atoms with Gasteiger partial charge in [-0.25, -0.2) is 0 Å². The zero-order valence-corrected chi connectivity index (χ0v) is 10.5. The van der Waals surface area contributed by atoms with Crippen molar-refractivity contribution in [1.82, 2.24) is 10.3 Å². The van der Waals surface area contributed by atoms with E-state index in [1.165, 1.54) is 17.7 Å². The third kappa shape index (κ3) is 3.56. The lowest BCUT2D eigenvalue weighted by molar-refractivity contribution is 0.724. The molecule has 0 amide bonds. The predicted octanol–water partition coefficient (Wildman–Crippen LogP) is 2.00. The highest BCUT2D eigenvalue weighted by Gasteiger charge is 2.09. The number of aromatic nitrogens is 1. The zero-order valence-electron chi connectivity index (χ0n) is 10.5. The molecular weight excluding hydrogens is 210 g/mol. The van der Waals surface area contributed by atoms with E-state index < -0.39 is 0 Å². The molecule has 17 heavy (non-hydrogen) atoms. The Morgan fingerprint density at radius 2 is 2.29 bits per heavy atom. The van der Waals surface area contributed by atoms with Crippen molar-refractivity contribution in [3.05, 3.63) is 36.2 Å². The Kier molecular flexibility index (Phi) is 4.56. The maximum Gasteiger partial charge on any atom is 0.0556 e. The molecule has 1 fully saturated rings. The van der Waals surface area contributed by atoms with Crippen LogP contribution in [-0.4, -0.2) is 31.2 Å². The lowest BCUT2D eigenvalue weighted by Crippen LogP contribution is -2.27. The summed E-state index contributed by atoms with van der Waals surface area (Å²) < 4.78 is 0. The molecule has 0 atom stereocenters. The molecule has 2 rings (SSSR count). The largest absolute Gasteiger partial charge is 0.369 e. The monoisotopic (exact) mass is 231 g/mol. The molecule has 0 saturated carbocycles. The van der Waals surface area contributed by atoms with E-state index in [2.05, 4.69) is 40.3 Å². The summed E-state index contributed by atoms with van der Waals surface area (Å²) in [6.07, 6.45) is 10.4. The molecule has 0 bridgehead atoms. The maximum atomic E-state index is 4.35. The second kappa shape index (κ2) is 6.40. The zero-order chi connectivity index (χ0) is 11.9. The number of nitrogens with one attached hydrogen (secondary N) is 1. The van der Waals surface area contributed by atoms with Gasteiger partial charge >= 0.3 is 0 Å². The standard InChI is InChI=1S/C14H21N3/c1-2-3-5-13-10-14(12-16-11-13)17-8-4-6-15-7-9-17/h2-3,10-12,15H,4-9H2,1H3. The van der Waals surface area contributed by atoms with Gasteiger partial charge < -0.3 is 10.2 Å². The first kappa shape index (κ1) is 12.1. The SMILES string of the molecule is CC=CCc1cncc(N2CCCNCC2)c1. The molecule has 3 heteroatoms. The van der Waals surface area contributed by atoms with Crippen molar-refractivity contribution < 1.29 is 0 Å². The fourth-order valence-corrected chi connectivity index (χ4v) is 2.12. The Hall–Kier alpha value is -1.35. The minimum absolute atomic E-state index is 0.976.